The Morgan fingerprint density at radius 1 is 0.660 bits per heavy atom. The first-order chi connectivity index (χ1) is 22.6. The number of rotatable bonds is 14. The van der Waals surface area contributed by atoms with Gasteiger partial charge in [0.15, 0.2) is 6.61 Å². The molecular weight excluding hydrogens is 584 g/mol. The monoisotopic (exact) mass is 628 g/mol. The smallest absolute Gasteiger partial charge is 0.341 e. The lowest BCUT2D eigenvalue weighted by molar-refractivity contribution is -0.139. The van der Waals surface area contributed by atoms with Crippen LogP contribution in [0.25, 0.3) is 33.0 Å². The molecule has 0 fully saturated rings. The zero-order valence-corrected chi connectivity index (χ0v) is 27.8. The predicted octanol–water partition coefficient (Wildman–Crippen LogP) is 9.64. The molecule has 0 atom stereocenters. The highest BCUT2D eigenvalue weighted by atomic mass is 16.5. The Bertz CT molecular complexity index is 1860. The van der Waals surface area contributed by atoms with Crippen LogP contribution in [0.5, 0.6) is 5.75 Å². The highest BCUT2D eigenvalue weighted by Gasteiger charge is 2.19. The predicted molar refractivity (Wildman–Crippen MR) is 190 cm³/mol. The number of carboxylic acid groups (broad SMARTS) is 2. The van der Waals surface area contributed by atoms with Crippen LogP contribution >= 0.6 is 0 Å². The molecule has 47 heavy (non-hydrogen) atoms. The molecule has 0 unspecified atom stereocenters. The summed E-state index contributed by atoms with van der Waals surface area (Å²) in [5, 5.41) is 21.0. The number of aryl methyl sites for hydroxylation is 1. The van der Waals surface area contributed by atoms with Crippen molar-refractivity contribution in [2.24, 2.45) is 11.8 Å². The van der Waals surface area contributed by atoms with Crippen LogP contribution in [0.2, 0.25) is 0 Å². The lowest BCUT2D eigenvalue weighted by Gasteiger charge is -2.21. The summed E-state index contributed by atoms with van der Waals surface area (Å²) in [6, 6.07) is 33.7. The summed E-state index contributed by atoms with van der Waals surface area (Å²) in [7, 11) is 0. The maximum atomic E-state index is 11.5. The summed E-state index contributed by atoms with van der Waals surface area (Å²) in [6.07, 6.45) is 2.99. The lowest BCUT2D eigenvalue weighted by Crippen LogP contribution is -2.13. The summed E-state index contributed by atoms with van der Waals surface area (Å²) in [4.78, 5) is 22.7. The van der Waals surface area contributed by atoms with E-state index in [9.17, 15) is 19.8 Å². The van der Waals surface area contributed by atoms with Gasteiger partial charge in [0.2, 0.25) is 0 Å². The maximum absolute atomic E-state index is 11.5. The molecule has 0 aliphatic rings. The van der Waals surface area contributed by atoms with Crippen molar-refractivity contribution in [1.29, 1.82) is 0 Å². The molecule has 0 radical (unpaired) electrons. The van der Waals surface area contributed by atoms with E-state index in [0.717, 1.165) is 40.7 Å². The van der Waals surface area contributed by atoms with Crippen LogP contribution in [-0.4, -0.2) is 28.8 Å². The van der Waals surface area contributed by atoms with Gasteiger partial charge < -0.3 is 14.9 Å². The summed E-state index contributed by atoms with van der Waals surface area (Å²) in [5.41, 5.74) is 10.1. The minimum Gasteiger partial charge on any atom is -0.482 e. The van der Waals surface area contributed by atoms with Gasteiger partial charge in [-0.25, -0.2) is 4.79 Å². The fourth-order valence-electron chi connectivity index (χ4n) is 6.46. The van der Waals surface area contributed by atoms with E-state index in [1.165, 1.54) is 33.0 Å². The van der Waals surface area contributed by atoms with Crippen molar-refractivity contribution < 1.29 is 24.5 Å². The molecule has 0 aliphatic carbocycles. The van der Waals surface area contributed by atoms with E-state index in [2.05, 4.69) is 107 Å². The number of carboxylic acids is 2. The SMILES string of the molecule is CC(C)Cc1cc(CCC(=O)O)ccc1-c1ccc(-c2ccc(OCC(=O)O)c(Cc3cccc4ccccc34)c2CC(C)C)cc1. The van der Waals surface area contributed by atoms with E-state index >= 15 is 0 Å². The third kappa shape index (κ3) is 8.48. The van der Waals surface area contributed by atoms with Crippen LogP contribution < -0.4 is 4.74 Å². The van der Waals surface area contributed by atoms with E-state index in [0.29, 0.717) is 30.4 Å². The zero-order valence-electron chi connectivity index (χ0n) is 27.8. The van der Waals surface area contributed by atoms with Crippen LogP contribution in [0.1, 0.15) is 61.9 Å². The summed E-state index contributed by atoms with van der Waals surface area (Å²) < 4.78 is 5.93. The van der Waals surface area contributed by atoms with Crippen LogP contribution in [0.4, 0.5) is 0 Å². The van der Waals surface area contributed by atoms with Crippen molar-refractivity contribution in [3.8, 4) is 28.0 Å². The van der Waals surface area contributed by atoms with E-state index in [-0.39, 0.29) is 6.42 Å². The van der Waals surface area contributed by atoms with E-state index in [1.54, 1.807) is 0 Å². The topological polar surface area (TPSA) is 83.8 Å². The lowest BCUT2D eigenvalue weighted by atomic mass is 9.85. The Hall–Kier alpha value is -4.90. The molecule has 0 aromatic heterocycles. The van der Waals surface area contributed by atoms with Crippen LogP contribution in [-0.2, 0) is 35.3 Å². The summed E-state index contributed by atoms with van der Waals surface area (Å²) >= 11 is 0. The molecule has 5 aromatic carbocycles. The second-order valence-corrected chi connectivity index (χ2v) is 13.2. The van der Waals surface area contributed by atoms with E-state index < -0.39 is 18.5 Å². The molecule has 5 heteroatoms. The largest absolute Gasteiger partial charge is 0.482 e. The maximum Gasteiger partial charge on any atom is 0.341 e. The number of carbonyl (C=O) groups is 2. The average molecular weight is 629 g/mol. The van der Waals surface area contributed by atoms with Crippen molar-refractivity contribution in [1.82, 2.24) is 0 Å². The molecule has 0 aliphatic heterocycles. The van der Waals surface area contributed by atoms with Gasteiger partial charge in [-0.2, -0.15) is 0 Å². The molecule has 0 heterocycles. The Morgan fingerprint density at radius 2 is 1.32 bits per heavy atom. The molecule has 0 bridgehead atoms. The Balaban J connectivity index is 1.58. The van der Waals surface area contributed by atoms with Gasteiger partial charge in [-0.3, -0.25) is 4.79 Å². The Kier molecular flexibility index (Phi) is 10.8. The highest BCUT2D eigenvalue weighted by Crippen LogP contribution is 2.38. The van der Waals surface area contributed by atoms with Gasteiger partial charge >= 0.3 is 11.9 Å². The number of hydrogen-bond acceptors (Lipinski definition) is 3. The quantitative estimate of drug-likeness (QED) is 0.128. The number of aliphatic carboxylic acids is 2. The number of fused-ring (bicyclic) bond motifs is 1. The van der Waals surface area contributed by atoms with Gasteiger partial charge in [0.25, 0.3) is 0 Å². The van der Waals surface area contributed by atoms with E-state index in [1.807, 2.05) is 18.2 Å². The van der Waals surface area contributed by atoms with Crippen molar-refractivity contribution in [2.75, 3.05) is 6.61 Å². The first-order valence-electron chi connectivity index (χ1n) is 16.5. The molecular formula is C42H44O5. The minimum absolute atomic E-state index is 0.122. The fraction of sp³-hybridized carbons (Fsp3) is 0.286. The molecule has 0 amide bonds. The number of ether oxygens (including phenoxy) is 1. The van der Waals surface area contributed by atoms with E-state index in [4.69, 9.17) is 4.74 Å². The normalized spacial score (nSPS) is 11.4. The van der Waals surface area contributed by atoms with Crippen molar-refractivity contribution in [2.45, 2.75) is 59.8 Å². The molecule has 2 N–H and O–H groups in total. The number of hydrogen-bond donors (Lipinski definition) is 2. The van der Waals surface area contributed by atoms with Crippen molar-refractivity contribution >= 4 is 22.7 Å². The molecule has 5 rings (SSSR count). The van der Waals surface area contributed by atoms with Gasteiger partial charge in [-0.05, 0) is 92.4 Å². The first kappa shape index (κ1) is 33.5. The Morgan fingerprint density at radius 3 is 2.00 bits per heavy atom. The summed E-state index contributed by atoms with van der Waals surface area (Å²) in [6.45, 7) is 8.41. The standard InChI is InChI=1S/C42H44O5/c1-27(2)22-34-24-29(13-21-41(43)44)12-18-36(34)31-14-16-32(17-15-31)37-19-20-40(47-26-42(45)46)39(38(37)23-28(3)4)25-33-10-7-9-30-8-5-6-11-35(30)33/h5-12,14-20,24,27-28H,13,21-23,25-26H2,1-4H3,(H,43,44)(H,45,46). The van der Waals surface area contributed by atoms with Gasteiger partial charge in [-0.1, -0.05) is 119 Å². The molecule has 0 saturated heterocycles. The molecule has 0 saturated carbocycles. The van der Waals surface area contributed by atoms with Crippen LogP contribution in [0, 0.1) is 11.8 Å². The third-order valence-corrected chi connectivity index (χ3v) is 8.53. The van der Waals surface area contributed by atoms with Gasteiger partial charge in [0.05, 0.1) is 0 Å². The van der Waals surface area contributed by atoms with Crippen LogP contribution in [0.3, 0.4) is 0 Å². The molecule has 242 valence electrons. The molecule has 0 spiro atoms. The van der Waals surface area contributed by atoms with Crippen LogP contribution in [0.15, 0.2) is 97.1 Å². The second-order valence-electron chi connectivity index (χ2n) is 13.2. The van der Waals surface area contributed by atoms with Crippen molar-refractivity contribution in [3.05, 3.63) is 125 Å². The Labute approximate surface area is 277 Å². The molecule has 5 nitrogen and oxygen atoms in total. The zero-order chi connectivity index (χ0) is 33.5. The van der Waals surface area contributed by atoms with Gasteiger partial charge in [0, 0.05) is 18.4 Å². The van der Waals surface area contributed by atoms with Gasteiger partial charge in [0.1, 0.15) is 5.75 Å². The van der Waals surface area contributed by atoms with Crippen molar-refractivity contribution in [3.63, 3.8) is 0 Å². The highest BCUT2D eigenvalue weighted by molar-refractivity contribution is 5.86. The fourth-order valence-corrected chi connectivity index (χ4v) is 6.46. The first-order valence-corrected chi connectivity index (χ1v) is 16.5. The summed E-state index contributed by atoms with van der Waals surface area (Å²) in [5.74, 6) is -0.347. The third-order valence-electron chi connectivity index (χ3n) is 8.53. The number of benzene rings is 5. The van der Waals surface area contributed by atoms with Gasteiger partial charge in [-0.15, -0.1) is 0 Å². The minimum atomic E-state index is -1.00. The average Bonchev–Trinajstić information content (AvgIpc) is 3.03. The second kappa shape index (κ2) is 15.1. The molecule has 5 aromatic rings.